The minimum atomic E-state index is -4.09. The summed E-state index contributed by atoms with van der Waals surface area (Å²) in [5.41, 5.74) is 1.28. The summed E-state index contributed by atoms with van der Waals surface area (Å²) in [6.45, 7) is 1.80. The molecular weight excluding hydrogens is 443 g/mol. The number of hydrogen-bond acceptors (Lipinski definition) is 4. The van der Waals surface area contributed by atoms with Crippen molar-refractivity contribution >= 4 is 25.3 Å². The fourth-order valence-electron chi connectivity index (χ4n) is 4.50. The highest BCUT2D eigenvalue weighted by Crippen LogP contribution is 2.43. The smallest absolute Gasteiger partial charge is 0.435 e. The molecule has 1 aliphatic heterocycles. The van der Waals surface area contributed by atoms with E-state index < -0.39 is 42.1 Å². The minimum Gasteiger partial charge on any atom is -0.435 e. The number of quaternary nitrogens is 1. The summed E-state index contributed by atoms with van der Waals surface area (Å²) in [6.07, 6.45) is -0.928. The summed E-state index contributed by atoms with van der Waals surface area (Å²) in [5.74, 6) is -1.14. The Morgan fingerprint density at radius 3 is 2.24 bits per heavy atom. The molecule has 1 saturated heterocycles. The molecule has 3 N–H and O–H groups in total. The molecule has 9 heteroatoms. The lowest BCUT2D eigenvalue weighted by molar-refractivity contribution is -0.791. The third-order valence-corrected chi connectivity index (χ3v) is 8.03. The zero-order valence-electron chi connectivity index (χ0n) is 18.6. The van der Waals surface area contributed by atoms with Crippen LogP contribution in [-0.4, -0.2) is 63.3 Å². The van der Waals surface area contributed by atoms with Crippen molar-refractivity contribution in [3.63, 3.8) is 0 Å². The average Bonchev–Trinajstić information content (AvgIpc) is 3.17. The Kier molecular flexibility index (Phi) is 7.84. The lowest BCUT2D eigenvalue weighted by Gasteiger charge is -2.30. The standard InChI is InChI=1S/C24H29N2O6P/c1-18-9-8-14-26(18,24(29)30)22(27)17-33(31,32)16-21(15-19-10-4-2-5-11-19)25-23(28)20-12-6-3-7-13-20/h2-7,10-13,18,21H,8-9,14-17H2,1H3,(H2-,25,28,29,30,31,32)/p+1/t18?,21?,26-/m0/s1. The number of rotatable bonds is 8. The quantitative estimate of drug-likeness (QED) is 0.399. The summed E-state index contributed by atoms with van der Waals surface area (Å²) in [5, 5.41) is 12.6. The second-order valence-corrected chi connectivity index (χ2v) is 11.0. The summed E-state index contributed by atoms with van der Waals surface area (Å²) in [7, 11) is -4.09. The van der Waals surface area contributed by atoms with E-state index in [1.54, 1.807) is 37.3 Å². The zero-order valence-corrected chi connectivity index (χ0v) is 19.5. The van der Waals surface area contributed by atoms with Crippen molar-refractivity contribution in [2.45, 2.75) is 38.3 Å². The van der Waals surface area contributed by atoms with E-state index >= 15 is 0 Å². The van der Waals surface area contributed by atoms with Gasteiger partial charge in [-0.3, -0.25) is 9.36 Å². The molecule has 8 nitrogen and oxygen atoms in total. The number of nitrogens with zero attached hydrogens (tertiary/aromatic N) is 1. The topological polar surface area (TPSA) is 121 Å². The summed E-state index contributed by atoms with van der Waals surface area (Å²) in [6, 6.07) is 16.6. The fourth-order valence-corrected chi connectivity index (χ4v) is 6.22. The molecule has 1 heterocycles. The van der Waals surface area contributed by atoms with Crippen LogP contribution in [0.2, 0.25) is 0 Å². The number of amides is 3. The van der Waals surface area contributed by atoms with Crippen molar-refractivity contribution in [3.05, 3.63) is 71.8 Å². The number of carbonyl (C=O) groups is 3. The van der Waals surface area contributed by atoms with Gasteiger partial charge in [-0.15, -0.1) is 0 Å². The molecule has 4 atom stereocenters. The lowest BCUT2D eigenvalue weighted by Crippen LogP contribution is -2.59. The summed E-state index contributed by atoms with van der Waals surface area (Å²) >= 11 is 0. The van der Waals surface area contributed by atoms with Crippen LogP contribution in [0.25, 0.3) is 0 Å². The second kappa shape index (κ2) is 10.4. The number of hydrogen-bond donors (Lipinski definition) is 3. The van der Waals surface area contributed by atoms with Gasteiger partial charge >= 0.3 is 12.0 Å². The first-order valence-corrected chi connectivity index (χ1v) is 13.0. The third kappa shape index (κ3) is 5.96. The largest absolute Gasteiger partial charge is 0.521 e. The Hall–Kier alpha value is -2.80. The van der Waals surface area contributed by atoms with Crippen LogP contribution in [-0.2, 0) is 15.8 Å². The number of likely N-dealkylation sites (tertiary alicyclic amines) is 1. The van der Waals surface area contributed by atoms with E-state index in [1.165, 1.54) is 0 Å². The van der Waals surface area contributed by atoms with E-state index in [0.29, 0.717) is 24.8 Å². The van der Waals surface area contributed by atoms with E-state index in [-0.39, 0.29) is 18.6 Å². The molecule has 0 aliphatic carbocycles. The monoisotopic (exact) mass is 473 g/mol. The van der Waals surface area contributed by atoms with Crippen molar-refractivity contribution in [3.8, 4) is 0 Å². The molecule has 0 bridgehead atoms. The van der Waals surface area contributed by atoms with Crippen molar-refractivity contribution in [2.75, 3.05) is 18.9 Å². The Morgan fingerprint density at radius 2 is 1.70 bits per heavy atom. The number of imide groups is 1. The molecule has 2 aromatic rings. The number of carboxylic acid groups (broad SMARTS) is 1. The van der Waals surface area contributed by atoms with Gasteiger partial charge in [0.1, 0.15) is 12.2 Å². The Bertz CT molecular complexity index is 1050. The van der Waals surface area contributed by atoms with E-state index in [1.807, 2.05) is 30.3 Å². The average molecular weight is 473 g/mol. The van der Waals surface area contributed by atoms with Gasteiger partial charge in [-0.2, -0.15) is 9.28 Å². The van der Waals surface area contributed by atoms with Crippen LogP contribution in [0.15, 0.2) is 60.7 Å². The summed E-state index contributed by atoms with van der Waals surface area (Å²) in [4.78, 5) is 48.4. The minimum absolute atomic E-state index is 0.119. The normalized spacial score (nSPS) is 22.8. The van der Waals surface area contributed by atoms with Crippen molar-refractivity contribution in [1.82, 2.24) is 5.32 Å². The third-order valence-electron chi connectivity index (χ3n) is 6.26. The number of nitrogens with one attached hydrogen (secondary N) is 1. The van der Waals surface area contributed by atoms with E-state index in [4.69, 9.17) is 0 Å². The van der Waals surface area contributed by atoms with E-state index in [2.05, 4.69) is 5.32 Å². The molecular formula is C24H30N2O6P+. The molecule has 3 unspecified atom stereocenters. The Balaban J connectivity index is 1.78. The molecule has 0 spiro atoms. The molecule has 33 heavy (non-hydrogen) atoms. The maximum absolute atomic E-state index is 13.2. The van der Waals surface area contributed by atoms with Gasteiger partial charge in [0.25, 0.3) is 5.91 Å². The van der Waals surface area contributed by atoms with E-state index in [9.17, 15) is 28.9 Å². The second-order valence-electron chi connectivity index (χ2n) is 8.67. The first-order chi connectivity index (χ1) is 15.6. The molecule has 2 aromatic carbocycles. The SMILES string of the molecule is CC1CCC[N@@+]1(C(=O)O)C(=O)CP(=O)(O)CC(Cc1ccccc1)NC(=O)c1ccccc1. The van der Waals surface area contributed by atoms with Crippen LogP contribution in [0, 0.1) is 0 Å². The Morgan fingerprint density at radius 1 is 1.09 bits per heavy atom. The predicted molar refractivity (Wildman–Crippen MR) is 124 cm³/mol. The van der Waals surface area contributed by atoms with Crippen molar-refractivity contribution < 1.29 is 33.4 Å². The zero-order chi connectivity index (χ0) is 24.1. The fraction of sp³-hybridized carbons (Fsp3) is 0.375. The molecule has 0 radical (unpaired) electrons. The van der Waals surface area contributed by atoms with Crippen molar-refractivity contribution in [1.29, 1.82) is 0 Å². The maximum atomic E-state index is 13.2. The predicted octanol–water partition coefficient (Wildman–Crippen LogP) is 3.50. The highest BCUT2D eigenvalue weighted by atomic mass is 31.2. The van der Waals surface area contributed by atoms with Crippen LogP contribution in [0.1, 0.15) is 35.7 Å². The van der Waals surface area contributed by atoms with Gasteiger partial charge in [-0.25, -0.2) is 4.79 Å². The maximum Gasteiger partial charge on any atom is 0.521 e. The van der Waals surface area contributed by atoms with Gasteiger partial charge in [0.15, 0.2) is 0 Å². The molecule has 1 aliphatic rings. The first kappa shape index (κ1) is 24.8. The molecule has 3 rings (SSSR count). The van der Waals surface area contributed by atoms with Crippen LogP contribution < -0.4 is 5.32 Å². The van der Waals surface area contributed by atoms with Crippen LogP contribution in [0.4, 0.5) is 4.79 Å². The van der Waals surface area contributed by atoms with Crippen LogP contribution in [0.3, 0.4) is 0 Å². The number of carbonyl (C=O) groups excluding carboxylic acids is 2. The van der Waals surface area contributed by atoms with Gasteiger partial charge in [0.05, 0.1) is 6.54 Å². The van der Waals surface area contributed by atoms with Gasteiger partial charge < -0.3 is 15.3 Å². The highest BCUT2D eigenvalue weighted by Gasteiger charge is 2.54. The summed E-state index contributed by atoms with van der Waals surface area (Å²) < 4.78 is 12.3. The van der Waals surface area contributed by atoms with Gasteiger partial charge in [-0.05, 0) is 31.0 Å². The van der Waals surface area contributed by atoms with Crippen LogP contribution in [0.5, 0.6) is 0 Å². The molecule has 3 amide bonds. The Labute approximate surface area is 193 Å². The molecule has 0 saturated carbocycles. The first-order valence-electron chi connectivity index (χ1n) is 11.0. The highest BCUT2D eigenvalue weighted by molar-refractivity contribution is 7.59. The van der Waals surface area contributed by atoms with Crippen molar-refractivity contribution in [2.24, 2.45) is 0 Å². The van der Waals surface area contributed by atoms with E-state index in [0.717, 1.165) is 5.56 Å². The molecule has 0 aromatic heterocycles. The molecule has 1 fully saturated rings. The van der Waals surface area contributed by atoms with Crippen LogP contribution >= 0.6 is 7.37 Å². The number of benzene rings is 2. The van der Waals surface area contributed by atoms with Gasteiger partial charge in [-0.1, -0.05) is 48.5 Å². The van der Waals surface area contributed by atoms with Gasteiger partial charge in [0, 0.05) is 30.6 Å². The molecule has 176 valence electrons. The lowest BCUT2D eigenvalue weighted by atomic mass is 10.1. The van der Waals surface area contributed by atoms with Gasteiger partial charge in [0.2, 0.25) is 7.37 Å².